The van der Waals surface area contributed by atoms with E-state index in [0.717, 1.165) is 44.8 Å². The summed E-state index contributed by atoms with van der Waals surface area (Å²) in [5.74, 6) is 0. The molecule has 0 amide bonds. The first kappa shape index (κ1) is 40.2. The predicted octanol–water partition coefficient (Wildman–Crippen LogP) is 16.7. The first-order chi connectivity index (χ1) is 31.3. The lowest BCUT2D eigenvalue weighted by atomic mass is 9.86. The number of pyridine rings is 2. The molecular weight excluding hydrogens is 773 g/mol. The van der Waals surface area contributed by atoms with Gasteiger partial charge in [0, 0.05) is 34.6 Å². The summed E-state index contributed by atoms with van der Waals surface area (Å²) >= 11 is 0. The van der Waals surface area contributed by atoms with Crippen LogP contribution in [-0.4, -0.2) is 9.97 Å². The normalized spacial score (nSPS) is 11.1. The molecule has 0 bridgehead atoms. The van der Waals surface area contributed by atoms with Gasteiger partial charge < -0.3 is 0 Å². The van der Waals surface area contributed by atoms with Crippen LogP contribution in [0.15, 0.2) is 219 Å². The van der Waals surface area contributed by atoms with E-state index in [2.05, 4.69) is 234 Å². The average Bonchev–Trinajstić information content (AvgIpc) is 3.34. The molecule has 2 nitrogen and oxygen atoms in total. The van der Waals surface area contributed by atoms with Crippen molar-refractivity contribution >= 4 is 0 Å². The zero-order valence-electron chi connectivity index (χ0n) is 36.7. The molecule has 10 rings (SSSR count). The van der Waals surface area contributed by atoms with E-state index in [9.17, 15) is 0 Å². The smallest absolute Gasteiger partial charge is 0.0705 e. The highest BCUT2D eigenvalue weighted by atomic mass is 14.7. The zero-order chi connectivity index (χ0) is 43.6. The number of benzene rings is 8. The summed E-state index contributed by atoms with van der Waals surface area (Å²) in [6, 6.07) is 74.3. The van der Waals surface area contributed by atoms with E-state index in [4.69, 9.17) is 9.97 Å². The highest BCUT2D eigenvalue weighted by Crippen LogP contribution is 2.42. The lowest BCUT2D eigenvalue weighted by Gasteiger charge is -2.18. The van der Waals surface area contributed by atoms with Crippen LogP contribution in [0.3, 0.4) is 0 Å². The Kier molecular flexibility index (Phi) is 10.9. The number of aryl methyl sites for hydroxylation is 4. The number of aromatic nitrogens is 2. The molecule has 0 N–H and O–H groups in total. The molecule has 0 spiro atoms. The van der Waals surface area contributed by atoms with E-state index in [1.54, 1.807) is 0 Å². The minimum absolute atomic E-state index is 0.965. The fourth-order valence-corrected chi connectivity index (χ4v) is 9.13. The molecule has 0 fully saturated rings. The van der Waals surface area contributed by atoms with Gasteiger partial charge in [0.2, 0.25) is 0 Å². The Morgan fingerprint density at radius 2 is 0.625 bits per heavy atom. The van der Waals surface area contributed by atoms with Crippen molar-refractivity contribution in [2.24, 2.45) is 0 Å². The van der Waals surface area contributed by atoms with E-state index in [0.29, 0.717) is 0 Å². The van der Waals surface area contributed by atoms with Crippen LogP contribution < -0.4 is 0 Å². The largest absolute Gasteiger partial charge is 0.256 e. The zero-order valence-corrected chi connectivity index (χ0v) is 36.7. The fourth-order valence-electron chi connectivity index (χ4n) is 9.13. The summed E-state index contributed by atoms with van der Waals surface area (Å²) in [6.45, 7) is 8.73. The van der Waals surface area contributed by atoms with Gasteiger partial charge in [-0.25, -0.2) is 0 Å². The van der Waals surface area contributed by atoms with E-state index >= 15 is 0 Å². The quantitative estimate of drug-likeness (QED) is 0.145. The number of hydrogen-bond acceptors (Lipinski definition) is 2. The van der Waals surface area contributed by atoms with E-state index in [1.165, 1.54) is 77.9 Å². The standard InChI is InChI=1S/C62H48N2/c1-41-32-42(2)34-55(33-41)62-56(47-24-28-49(29-25-47)60-35-43(3)58(39-63-60)53-20-11-18-51(37-53)45-14-7-5-8-15-45)22-13-23-57(62)48-26-30-50(31-27-48)61-36-44(4)59(40-64-61)54-21-12-19-52(38-54)46-16-9-6-10-17-46/h5-40H,1-4H3. The Hall–Kier alpha value is -7.94. The van der Waals surface area contributed by atoms with Crippen LogP contribution in [0.5, 0.6) is 0 Å². The van der Waals surface area contributed by atoms with Gasteiger partial charge in [-0.3, -0.25) is 9.97 Å². The molecule has 0 unspecified atom stereocenters. The topological polar surface area (TPSA) is 25.8 Å². The van der Waals surface area contributed by atoms with Gasteiger partial charge in [-0.05, 0) is 130 Å². The summed E-state index contributed by atoms with van der Waals surface area (Å²) in [6.07, 6.45) is 4.04. The molecule has 0 aliphatic heterocycles. The van der Waals surface area contributed by atoms with Crippen molar-refractivity contribution in [3.8, 4) is 100 Å². The highest BCUT2D eigenvalue weighted by molar-refractivity contribution is 5.95. The maximum atomic E-state index is 4.99. The van der Waals surface area contributed by atoms with Gasteiger partial charge in [-0.2, -0.15) is 0 Å². The lowest BCUT2D eigenvalue weighted by Crippen LogP contribution is -1.93. The SMILES string of the molecule is Cc1cc(C)cc(-c2c(-c3ccc(-c4cc(C)c(-c5cccc(-c6ccccc6)c5)cn4)cc3)cccc2-c2ccc(-c3cc(C)c(-c4cccc(-c5ccccc5)c4)cn3)cc2)c1. The molecule has 2 aromatic heterocycles. The second kappa shape index (κ2) is 17.4. The molecule has 0 radical (unpaired) electrons. The summed E-state index contributed by atoms with van der Waals surface area (Å²) < 4.78 is 0. The van der Waals surface area contributed by atoms with Gasteiger partial charge in [0.15, 0.2) is 0 Å². The van der Waals surface area contributed by atoms with Gasteiger partial charge >= 0.3 is 0 Å². The van der Waals surface area contributed by atoms with E-state index < -0.39 is 0 Å². The maximum absolute atomic E-state index is 4.99. The Bertz CT molecular complexity index is 3060. The highest BCUT2D eigenvalue weighted by Gasteiger charge is 2.17. The summed E-state index contributed by atoms with van der Waals surface area (Å²) in [5, 5.41) is 0. The molecule has 0 atom stereocenters. The van der Waals surface area contributed by atoms with Crippen LogP contribution in [-0.2, 0) is 0 Å². The molecule has 0 saturated heterocycles. The second-order valence-electron chi connectivity index (χ2n) is 16.9. The van der Waals surface area contributed by atoms with Crippen molar-refractivity contribution in [3.05, 3.63) is 241 Å². The fraction of sp³-hybridized carbons (Fsp3) is 0.0645. The van der Waals surface area contributed by atoms with Crippen LogP contribution in [0, 0.1) is 27.7 Å². The molecule has 0 aliphatic carbocycles. The van der Waals surface area contributed by atoms with Crippen molar-refractivity contribution in [3.63, 3.8) is 0 Å². The Morgan fingerprint density at radius 3 is 1.05 bits per heavy atom. The van der Waals surface area contributed by atoms with Crippen LogP contribution in [0.25, 0.3) is 100 Å². The maximum Gasteiger partial charge on any atom is 0.0705 e. The van der Waals surface area contributed by atoms with E-state index in [-0.39, 0.29) is 0 Å². The van der Waals surface area contributed by atoms with Crippen molar-refractivity contribution in [1.82, 2.24) is 9.97 Å². The monoisotopic (exact) mass is 820 g/mol. The van der Waals surface area contributed by atoms with Crippen LogP contribution in [0.1, 0.15) is 22.3 Å². The van der Waals surface area contributed by atoms with Crippen LogP contribution in [0.2, 0.25) is 0 Å². The second-order valence-corrected chi connectivity index (χ2v) is 16.9. The van der Waals surface area contributed by atoms with Crippen LogP contribution >= 0.6 is 0 Å². The van der Waals surface area contributed by atoms with Gasteiger partial charge in [0.25, 0.3) is 0 Å². The molecule has 10 aromatic rings. The van der Waals surface area contributed by atoms with Crippen molar-refractivity contribution in [2.75, 3.05) is 0 Å². The number of hydrogen-bond donors (Lipinski definition) is 0. The molecule has 0 saturated carbocycles. The van der Waals surface area contributed by atoms with Crippen molar-refractivity contribution in [1.29, 1.82) is 0 Å². The average molecular weight is 821 g/mol. The molecule has 0 aliphatic rings. The van der Waals surface area contributed by atoms with Crippen molar-refractivity contribution < 1.29 is 0 Å². The number of nitrogens with zero attached hydrogens (tertiary/aromatic N) is 2. The van der Waals surface area contributed by atoms with E-state index in [1.807, 2.05) is 12.4 Å². The Labute approximate surface area is 377 Å². The number of rotatable bonds is 9. The van der Waals surface area contributed by atoms with Gasteiger partial charge in [-0.15, -0.1) is 0 Å². The Balaban J connectivity index is 0.952. The summed E-state index contributed by atoms with van der Waals surface area (Å²) in [7, 11) is 0. The van der Waals surface area contributed by atoms with Gasteiger partial charge in [0.05, 0.1) is 11.4 Å². The summed E-state index contributed by atoms with van der Waals surface area (Å²) in [5.41, 5.74) is 25.6. The third-order valence-corrected chi connectivity index (χ3v) is 12.3. The lowest BCUT2D eigenvalue weighted by molar-refractivity contribution is 1.29. The molecule has 2 heteroatoms. The van der Waals surface area contributed by atoms with Gasteiger partial charge in [0.1, 0.15) is 0 Å². The molecule has 64 heavy (non-hydrogen) atoms. The first-order valence-electron chi connectivity index (χ1n) is 22.0. The first-order valence-corrected chi connectivity index (χ1v) is 22.0. The summed E-state index contributed by atoms with van der Waals surface area (Å²) in [4.78, 5) is 9.98. The molecule has 2 heterocycles. The molecule has 8 aromatic carbocycles. The molecular formula is C62H48N2. The predicted molar refractivity (Wildman–Crippen MR) is 270 cm³/mol. The third-order valence-electron chi connectivity index (χ3n) is 12.3. The molecule has 306 valence electrons. The minimum atomic E-state index is 0.965. The Morgan fingerprint density at radius 1 is 0.250 bits per heavy atom. The van der Waals surface area contributed by atoms with Crippen molar-refractivity contribution in [2.45, 2.75) is 27.7 Å². The third kappa shape index (κ3) is 8.22. The van der Waals surface area contributed by atoms with Crippen LogP contribution in [0.4, 0.5) is 0 Å². The van der Waals surface area contributed by atoms with Gasteiger partial charge in [-0.1, -0.05) is 193 Å². The minimum Gasteiger partial charge on any atom is -0.256 e.